The highest BCUT2D eigenvalue weighted by Crippen LogP contribution is 2.43. The average Bonchev–Trinajstić information content (AvgIpc) is 3.06. The molecule has 5 rings (SSSR count). The molecule has 3 aliphatic rings. The van der Waals surface area contributed by atoms with Crippen molar-refractivity contribution >= 4 is 17.6 Å². The van der Waals surface area contributed by atoms with Gasteiger partial charge in [0, 0.05) is 74.9 Å². The van der Waals surface area contributed by atoms with Gasteiger partial charge in [0.25, 0.3) is 0 Å². The largest absolute Gasteiger partial charge is 0.384 e. The molecule has 0 aromatic carbocycles. The van der Waals surface area contributed by atoms with Crippen molar-refractivity contribution in [1.82, 2.24) is 30.1 Å². The Kier molecular flexibility index (Phi) is 7.78. The van der Waals surface area contributed by atoms with Crippen LogP contribution in [0.5, 0.6) is 0 Å². The fraction of sp³-hybridized carbons (Fsp3) is 0.483. The highest BCUT2D eigenvalue weighted by molar-refractivity contribution is 5.68. The van der Waals surface area contributed by atoms with Crippen molar-refractivity contribution in [2.45, 2.75) is 32.2 Å². The van der Waals surface area contributed by atoms with Gasteiger partial charge in [0.1, 0.15) is 11.6 Å². The van der Waals surface area contributed by atoms with Gasteiger partial charge in [-0.05, 0) is 51.2 Å². The second-order valence-electron chi connectivity index (χ2n) is 10.8. The summed E-state index contributed by atoms with van der Waals surface area (Å²) >= 11 is 0. The summed E-state index contributed by atoms with van der Waals surface area (Å²) in [4.78, 5) is 21.7. The van der Waals surface area contributed by atoms with Crippen molar-refractivity contribution in [2.24, 2.45) is 0 Å². The summed E-state index contributed by atoms with van der Waals surface area (Å²) in [5.41, 5.74) is 5.43. The number of nitrogens with zero attached hydrogens (tertiary/aromatic N) is 6. The second kappa shape index (κ2) is 11.2. The van der Waals surface area contributed by atoms with Crippen LogP contribution in [0, 0.1) is 0 Å². The monoisotopic (exact) mass is 516 g/mol. The first kappa shape index (κ1) is 26.3. The van der Waals surface area contributed by atoms with Crippen molar-refractivity contribution in [3.05, 3.63) is 70.8 Å². The molecule has 1 fully saturated rings. The number of allylic oxidation sites excluding steroid dienone is 4. The van der Waals surface area contributed by atoms with Crippen LogP contribution in [-0.4, -0.2) is 85.3 Å². The van der Waals surface area contributed by atoms with Gasteiger partial charge in [0.15, 0.2) is 0 Å². The molecule has 2 aromatic heterocycles. The minimum atomic E-state index is -0.233. The Bertz CT molecular complexity index is 1250. The number of pyridine rings is 1. The molecule has 9 nitrogen and oxygen atoms in total. The molecule has 2 aromatic rings. The topological polar surface area (TPSA) is 81.7 Å². The third-order valence-electron chi connectivity index (χ3n) is 7.60. The minimum Gasteiger partial charge on any atom is -0.384 e. The van der Waals surface area contributed by atoms with Gasteiger partial charge < -0.3 is 30.1 Å². The van der Waals surface area contributed by atoms with Crippen LogP contribution in [0.15, 0.2) is 59.6 Å². The first-order valence-corrected chi connectivity index (χ1v) is 13.4. The van der Waals surface area contributed by atoms with Crippen molar-refractivity contribution in [2.75, 3.05) is 70.8 Å². The normalized spacial score (nSPS) is 22.0. The Morgan fingerprint density at radius 1 is 1.11 bits per heavy atom. The van der Waals surface area contributed by atoms with Crippen LogP contribution < -0.4 is 15.5 Å². The lowest BCUT2D eigenvalue weighted by atomic mass is 9.87. The number of anilines is 3. The number of rotatable bonds is 8. The van der Waals surface area contributed by atoms with E-state index in [9.17, 15) is 0 Å². The molecule has 2 aliphatic heterocycles. The van der Waals surface area contributed by atoms with Crippen LogP contribution in [0.3, 0.4) is 0 Å². The van der Waals surface area contributed by atoms with E-state index in [-0.39, 0.29) is 5.41 Å². The standard InChI is InChI=1S/C29H40N8O/c1-21-16-22(8-6-10-25(21)36-14-12-35(4)13-15-36)33-28-31-18-24-27(34-28)37(19-29(24,2)20-38-5)26-11-7-9-23(32-26)17-30-3/h7-11,16,18,30H,6,12-15,17,19-20H2,1-5H3,(H,31,33,34)/t29-/m0/s1. The Labute approximate surface area is 226 Å². The van der Waals surface area contributed by atoms with Crippen LogP contribution in [0.2, 0.25) is 0 Å². The van der Waals surface area contributed by atoms with Crippen LogP contribution in [-0.2, 0) is 16.7 Å². The summed E-state index contributed by atoms with van der Waals surface area (Å²) < 4.78 is 5.62. The number of aromatic nitrogens is 3. The van der Waals surface area contributed by atoms with Crippen molar-refractivity contribution < 1.29 is 4.74 Å². The van der Waals surface area contributed by atoms with Gasteiger partial charge >= 0.3 is 0 Å². The third-order valence-corrected chi connectivity index (χ3v) is 7.60. The van der Waals surface area contributed by atoms with Gasteiger partial charge in [-0.3, -0.25) is 0 Å². The molecule has 0 spiro atoms. The number of hydrogen-bond donors (Lipinski definition) is 2. The zero-order valence-electron chi connectivity index (χ0n) is 23.3. The average molecular weight is 517 g/mol. The molecule has 1 aliphatic carbocycles. The van der Waals surface area contributed by atoms with Crippen LogP contribution in [0.1, 0.15) is 31.5 Å². The van der Waals surface area contributed by atoms with Gasteiger partial charge in [-0.25, -0.2) is 9.97 Å². The molecule has 9 heteroatoms. The first-order valence-electron chi connectivity index (χ1n) is 13.4. The highest BCUT2D eigenvalue weighted by atomic mass is 16.5. The first-order chi connectivity index (χ1) is 18.4. The number of ether oxygens (including phenoxy) is 1. The van der Waals surface area contributed by atoms with E-state index in [2.05, 4.69) is 70.5 Å². The molecule has 38 heavy (non-hydrogen) atoms. The highest BCUT2D eigenvalue weighted by Gasteiger charge is 2.42. The van der Waals surface area contributed by atoms with E-state index in [0.29, 0.717) is 19.1 Å². The molecule has 202 valence electrons. The Balaban J connectivity index is 1.40. The molecular weight excluding hydrogens is 476 g/mol. The van der Waals surface area contributed by atoms with E-state index in [4.69, 9.17) is 19.7 Å². The molecule has 0 radical (unpaired) electrons. The number of likely N-dealkylation sites (N-methyl/N-ethyl adjacent to an activating group) is 1. The lowest BCUT2D eigenvalue weighted by Gasteiger charge is -2.36. The molecule has 0 saturated carbocycles. The summed E-state index contributed by atoms with van der Waals surface area (Å²) in [5.74, 6) is 2.34. The third kappa shape index (κ3) is 5.45. The van der Waals surface area contributed by atoms with Crippen molar-refractivity contribution in [3.8, 4) is 0 Å². The smallest absolute Gasteiger partial charge is 0.229 e. The molecule has 1 atom stereocenters. The maximum atomic E-state index is 5.62. The molecule has 0 unspecified atom stereocenters. The number of nitrogens with one attached hydrogen (secondary N) is 2. The summed E-state index contributed by atoms with van der Waals surface area (Å²) in [7, 11) is 5.87. The predicted molar refractivity (Wildman–Crippen MR) is 152 cm³/mol. The SMILES string of the molecule is CNCc1cccc(N2C[C@@](C)(COC)c3cnc(NC4=CCC=C(N5CCN(C)CC5)C(C)=C4)nc32)n1. The van der Waals surface area contributed by atoms with E-state index >= 15 is 0 Å². The summed E-state index contributed by atoms with van der Waals surface area (Å²) in [6.07, 6.45) is 9.56. The van der Waals surface area contributed by atoms with Gasteiger partial charge in [-0.1, -0.05) is 25.1 Å². The van der Waals surface area contributed by atoms with E-state index in [1.165, 1.54) is 11.3 Å². The van der Waals surface area contributed by atoms with E-state index in [1.807, 2.05) is 25.4 Å². The van der Waals surface area contributed by atoms with Crippen molar-refractivity contribution in [3.63, 3.8) is 0 Å². The van der Waals surface area contributed by atoms with Crippen LogP contribution in [0.25, 0.3) is 0 Å². The Morgan fingerprint density at radius 2 is 1.92 bits per heavy atom. The Morgan fingerprint density at radius 3 is 2.68 bits per heavy atom. The van der Waals surface area contributed by atoms with Crippen molar-refractivity contribution in [1.29, 1.82) is 0 Å². The van der Waals surface area contributed by atoms with Gasteiger partial charge in [-0.15, -0.1) is 0 Å². The fourth-order valence-corrected chi connectivity index (χ4v) is 5.57. The summed E-state index contributed by atoms with van der Waals surface area (Å²) in [6.45, 7) is 10.7. The molecule has 2 N–H and O–H groups in total. The van der Waals surface area contributed by atoms with E-state index < -0.39 is 0 Å². The predicted octanol–water partition coefficient (Wildman–Crippen LogP) is 3.42. The van der Waals surface area contributed by atoms with Gasteiger partial charge in [-0.2, -0.15) is 4.98 Å². The maximum absolute atomic E-state index is 5.62. The number of methoxy groups -OCH3 is 1. The Hall–Kier alpha value is -3.27. The molecule has 4 heterocycles. The zero-order valence-corrected chi connectivity index (χ0v) is 23.3. The number of fused-ring (bicyclic) bond motifs is 1. The number of hydrogen-bond acceptors (Lipinski definition) is 9. The van der Waals surface area contributed by atoms with Crippen LogP contribution >= 0.6 is 0 Å². The molecule has 0 bridgehead atoms. The van der Waals surface area contributed by atoms with Gasteiger partial charge in [0.2, 0.25) is 5.95 Å². The maximum Gasteiger partial charge on any atom is 0.229 e. The summed E-state index contributed by atoms with van der Waals surface area (Å²) in [6, 6.07) is 6.13. The minimum absolute atomic E-state index is 0.233. The quantitative estimate of drug-likeness (QED) is 0.548. The summed E-state index contributed by atoms with van der Waals surface area (Å²) in [5, 5.41) is 6.68. The van der Waals surface area contributed by atoms with E-state index in [0.717, 1.165) is 67.7 Å². The zero-order chi connectivity index (χ0) is 26.7. The molecular formula is C29H40N8O. The number of piperazine rings is 1. The lowest BCUT2D eigenvalue weighted by molar-refractivity contribution is 0.145. The van der Waals surface area contributed by atoms with Crippen LogP contribution in [0.4, 0.5) is 17.6 Å². The molecule has 1 saturated heterocycles. The lowest BCUT2D eigenvalue weighted by Crippen LogP contribution is -2.44. The van der Waals surface area contributed by atoms with Gasteiger partial charge in [0.05, 0.1) is 12.3 Å². The van der Waals surface area contributed by atoms with E-state index in [1.54, 1.807) is 7.11 Å². The molecule has 0 amide bonds. The fourth-order valence-electron chi connectivity index (χ4n) is 5.57. The second-order valence-corrected chi connectivity index (χ2v) is 10.8.